The van der Waals surface area contributed by atoms with Crippen LogP contribution in [0.5, 0.6) is 5.75 Å². The fraction of sp³-hybridized carbons (Fsp3) is 0.125. The third-order valence-corrected chi connectivity index (χ3v) is 4.43. The van der Waals surface area contributed by atoms with Crippen LogP contribution in [0.2, 0.25) is 0 Å². The van der Waals surface area contributed by atoms with Gasteiger partial charge in [-0.2, -0.15) is 9.67 Å². The maximum atomic E-state index is 12.4. The SMILES string of the molecule is COc1cccc(-c2noc(COC(=O)c3sccc3-n3cnnn3)n2)c1. The summed E-state index contributed by atoms with van der Waals surface area (Å²) in [5.41, 5.74) is 1.27. The number of carbonyl (C=O) groups is 1. The normalized spacial score (nSPS) is 10.7. The quantitative estimate of drug-likeness (QED) is 0.461. The molecule has 0 amide bonds. The van der Waals surface area contributed by atoms with Gasteiger partial charge in [0.2, 0.25) is 5.82 Å². The van der Waals surface area contributed by atoms with Crippen molar-refractivity contribution in [2.75, 3.05) is 7.11 Å². The van der Waals surface area contributed by atoms with Crippen LogP contribution in [0.1, 0.15) is 15.6 Å². The van der Waals surface area contributed by atoms with Crippen molar-refractivity contribution in [3.8, 4) is 22.8 Å². The van der Waals surface area contributed by atoms with E-state index in [1.165, 1.54) is 22.3 Å². The van der Waals surface area contributed by atoms with E-state index in [1.54, 1.807) is 24.6 Å². The van der Waals surface area contributed by atoms with Gasteiger partial charge in [-0.1, -0.05) is 17.3 Å². The topological polar surface area (TPSA) is 118 Å². The third-order valence-electron chi connectivity index (χ3n) is 3.55. The van der Waals surface area contributed by atoms with E-state index in [-0.39, 0.29) is 12.5 Å². The molecule has 0 saturated carbocycles. The molecule has 0 aliphatic carbocycles. The number of thiophene rings is 1. The van der Waals surface area contributed by atoms with Crippen molar-refractivity contribution in [1.29, 1.82) is 0 Å². The molecule has 0 fully saturated rings. The highest BCUT2D eigenvalue weighted by Crippen LogP contribution is 2.23. The summed E-state index contributed by atoms with van der Waals surface area (Å²) in [6.45, 7) is -0.150. The van der Waals surface area contributed by atoms with Gasteiger partial charge in [-0.3, -0.25) is 0 Å². The van der Waals surface area contributed by atoms with Crippen LogP contribution in [-0.4, -0.2) is 43.4 Å². The highest BCUT2D eigenvalue weighted by atomic mass is 32.1. The van der Waals surface area contributed by atoms with E-state index in [1.807, 2.05) is 18.2 Å². The van der Waals surface area contributed by atoms with E-state index in [0.717, 1.165) is 5.56 Å². The molecular formula is C16H12N6O4S. The monoisotopic (exact) mass is 384 g/mol. The molecule has 0 atom stereocenters. The molecule has 0 spiro atoms. The van der Waals surface area contributed by atoms with Crippen molar-refractivity contribution in [3.05, 3.63) is 52.8 Å². The molecule has 0 aliphatic heterocycles. The Bertz CT molecular complexity index is 1060. The summed E-state index contributed by atoms with van der Waals surface area (Å²) < 4.78 is 17.0. The zero-order valence-corrected chi connectivity index (χ0v) is 14.8. The van der Waals surface area contributed by atoms with Crippen molar-refractivity contribution < 1.29 is 18.8 Å². The number of tetrazole rings is 1. The largest absolute Gasteiger partial charge is 0.497 e. The van der Waals surface area contributed by atoms with Crippen molar-refractivity contribution >= 4 is 17.3 Å². The van der Waals surface area contributed by atoms with E-state index in [0.29, 0.717) is 22.1 Å². The zero-order chi connectivity index (χ0) is 18.6. The number of carbonyl (C=O) groups excluding carboxylic acids is 1. The molecule has 3 heterocycles. The summed E-state index contributed by atoms with van der Waals surface area (Å²) in [6, 6.07) is 8.97. The van der Waals surface area contributed by atoms with Crippen LogP contribution in [0, 0.1) is 0 Å². The minimum absolute atomic E-state index is 0.150. The lowest BCUT2D eigenvalue weighted by Gasteiger charge is -2.02. The van der Waals surface area contributed by atoms with Crippen molar-refractivity contribution in [3.63, 3.8) is 0 Å². The van der Waals surface area contributed by atoms with Crippen molar-refractivity contribution in [2.45, 2.75) is 6.61 Å². The number of hydrogen-bond acceptors (Lipinski definition) is 10. The van der Waals surface area contributed by atoms with Gasteiger partial charge in [0, 0.05) is 5.56 Å². The number of methoxy groups -OCH3 is 1. The molecular weight excluding hydrogens is 372 g/mol. The predicted octanol–water partition coefficient (Wildman–Crippen LogP) is 2.14. The van der Waals surface area contributed by atoms with Gasteiger partial charge in [0.25, 0.3) is 5.89 Å². The second-order valence-electron chi connectivity index (χ2n) is 5.21. The van der Waals surface area contributed by atoms with Crippen LogP contribution < -0.4 is 4.74 Å². The Morgan fingerprint density at radius 2 is 2.26 bits per heavy atom. The van der Waals surface area contributed by atoms with E-state index >= 15 is 0 Å². The van der Waals surface area contributed by atoms with Gasteiger partial charge < -0.3 is 14.0 Å². The first-order valence-corrected chi connectivity index (χ1v) is 8.57. The van der Waals surface area contributed by atoms with E-state index in [4.69, 9.17) is 14.0 Å². The number of rotatable bonds is 6. The number of esters is 1. The van der Waals surface area contributed by atoms with E-state index in [2.05, 4.69) is 25.7 Å². The summed E-state index contributed by atoms with van der Waals surface area (Å²) in [6.07, 6.45) is 1.40. The molecule has 4 aromatic rings. The third kappa shape index (κ3) is 3.53. The van der Waals surface area contributed by atoms with Crippen LogP contribution in [0.3, 0.4) is 0 Å². The fourth-order valence-corrected chi connectivity index (χ4v) is 3.06. The molecule has 0 radical (unpaired) electrons. The number of ether oxygens (including phenoxy) is 2. The van der Waals surface area contributed by atoms with Crippen molar-refractivity contribution in [2.24, 2.45) is 0 Å². The van der Waals surface area contributed by atoms with Gasteiger partial charge >= 0.3 is 5.97 Å². The average Bonchev–Trinajstić information content (AvgIpc) is 3.47. The van der Waals surface area contributed by atoms with Gasteiger partial charge in [-0.05, 0) is 34.0 Å². The lowest BCUT2D eigenvalue weighted by molar-refractivity contribution is 0.0435. The number of aromatic nitrogens is 6. The molecule has 0 bridgehead atoms. The van der Waals surface area contributed by atoms with Crippen LogP contribution in [0.4, 0.5) is 0 Å². The van der Waals surface area contributed by atoms with Crippen LogP contribution >= 0.6 is 11.3 Å². The number of nitrogens with zero attached hydrogens (tertiary/aromatic N) is 6. The standard InChI is InChI=1S/C16H12N6O4S/c1-24-11-4-2-3-10(7-11)15-18-13(26-19-15)8-25-16(23)14-12(5-6-27-14)22-9-17-20-21-22/h2-7,9H,8H2,1H3. The molecule has 10 nitrogen and oxygen atoms in total. The Hall–Kier alpha value is -3.60. The molecule has 0 N–H and O–H groups in total. The Morgan fingerprint density at radius 3 is 3.07 bits per heavy atom. The lowest BCUT2D eigenvalue weighted by Crippen LogP contribution is -2.07. The number of hydrogen-bond donors (Lipinski definition) is 0. The highest BCUT2D eigenvalue weighted by molar-refractivity contribution is 7.12. The highest BCUT2D eigenvalue weighted by Gasteiger charge is 2.18. The first-order chi connectivity index (χ1) is 13.2. The van der Waals surface area contributed by atoms with Crippen LogP contribution in [-0.2, 0) is 11.3 Å². The maximum Gasteiger partial charge on any atom is 0.351 e. The lowest BCUT2D eigenvalue weighted by atomic mass is 10.2. The molecule has 27 heavy (non-hydrogen) atoms. The molecule has 1 aromatic carbocycles. The fourth-order valence-electron chi connectivity index (χ4n) is 2.29. The second kappa shape index (κ2) is 7.33. The summed E-state index contributed by atoms with van der Waals surface area (Å²) in [5, 5.41) is 16.5. The van der Waals surface area contributed by atoms with Gasteiger partial charge in [0.1, 0.15) is 17.0 Å². The minimum Gasteiger partial charge on any atom is -0.497 e. The predicted molar refractivity (Wildman–Crippen MR) is 92.4 cm³/mol. The van der Waals surface area contributed by atoms with Crippen molar-refractivity contribution in [1.82, 2.24) is 30.3 Å². The van der Waals surface area contributed by atoms with E-state index in [9.17, 15) is 4.79 Å². The second-order valence-corrected chi connectivity index (χ2v) is 6.13. The average molecular weight is 384 g/mol. The van der Waals surface area contributed by atoms with Gasteiger partial charge in [0.05, 0.1) is 12.8 Å². The Morgan fingerprint density at radius 1 is 1.33 bits per heavy atom. The van der Waals surface area contributed by atoms with Crippen LogP contribution in [0.15, 0.2) is 46.6 Å². The minimum atomic E-state index is -0.531. The molecule has 11 heteroatoms. The zero-order valence-electron chi connectivity index (χ0n) is 14.0. The molecule has 0 saturated heterocycles. The molecule has 136 valence electrons. The van der Waals surface area contributed by atoms with Crippen LogP contribution in [0.25, 0.3) is 17.1 Å². The first-order valence-electron chi connectivity index (χ1n) is 7.69. The summed E-state index contributed by atoms with van der Waals surface area (Å²) in [7, 11) is 1.58. The maximum absolute atomic E-state index is 12.4. The molecule has 3 aromatic heterocycles. The Kier molecular flexibility index (Phi) is 4.58. The Labute approximate surface area is 156 Å². The summed E-state index contributed by atoms with van der Waals surface area (Å²) >= 11 is 1.23. The van der Waals surface area contributed by atoms with E-state index < -0.39 is 5.97 Å². The Balaban J connectivity index is 1.45. The number of benzene rings is 1. The van der Waals surface area contributed by atoms with Gasteiger partial charge in [-0.15, -0.1) is 16.4 Å². The van der Waals surface area contributed by atoms with Gasteiger partial charge in [0.15, 0.2) is 6.61 Å². The first kappa shape index (κ1) is 16.8. The molecule has 0 aliphatic rings. The van der Waals surface area contributed by atoms with Gasteiger partial charge in [-0.25, -0.2) is 4.79 Å². The molecule has 0 unspecified atom stereocenters. The summed E-state index contributed by atoms with van der Waals surface area (Å²) in [4.78, 5) is 17.0. The summed E-state index contributed by atoms with van der Waals surface area (Å²) in [5.74, 6) is 0.710. The smallest absolute Gasteiger partial charge is 0.351 e. The molecule has 4 rings (SSSR count).